The molecule has 4 nitrogen and oxygen atoms in total. The number of amidine groups is 2. The maximum Gasteiger partial charge on any atom is 0.131 e. The molecule has 1 aliphatic heterocycles. The highest BCUT2D eigenvalue weighted by Gasteiger charge is 2.18. The van der Waals surface area contributed by atoms with Gasteiger partial charge in [0, 0.05) is 5.69 Å². The number of phenolic OH excluding ortho intramolecular Hbond substituents is 1. The van der Waals surface area contributed by atoms with Gasteiger partial charge in [0.15, 0.2) is 0 Å². The van der Waals surface area contributed by atoms with Crippen LogP contribution in [0.3, 0.4) is 0 Å². The Bertz CT molecular complexity index is 401. The zero-order valence-corrected chi connectivity index (χ0v) is 7.36. The summed E-state index contributed by atoms with van der Waals surface area (Å²) in [4.78, 5) is 1.49. The topological polar surface area (TPSA) is 71.2 Å². The van der Waals surface area contributed by atoms with Crippen LogP contribution in [0.4, 0.5) is 5.69 Å². The zero-order valence-electron chi connectivity index (χ0n) is 7.36. The van der Waals surface area contributed by atoms with Crippen LogP contribution in [0.2, 0.25) is 0 Å². The standard InChI is InChI=1S/C10H9N3O/c11-9-5-6-10(12)13(9)7-1-3-8(14)4-2-7/h1-6,11-12,14H. The molecule has 2 rings (SSSR count). The van der Waals surface area contributed by atoms with E-state index in [1.807, 2.05) is 0 Å². The molecule has 3 N–H and O–H groups in total. The summed E-state index contributed by atoms with van der Waals surface area (Å²) in [7, 11) is 0. The van der Waals surface area contributed by atoms with Gasteiger partial charge in [-0.25, -0.2) is 0 Å². The van der Waals surface area contributed by atoms with Gasteiger partial charge in [-0.2, -0.15) is 0 Å². The number of nitrogens with one attached hydrogen (secondary N) is 2. The van der Waals surface area contributed by atoms with E-state index in [0.717, 1.165) is 0 Å². The average molecular weight is 187 g/mol. The van der Waals surface area contributed by atoms with Crippen LogP contribution < -0.4 is 4.90 Å². The minimum Gasteiger partial charge on any atom is -0.508 e. The second-order valence-corrected chi connectivity index (χ2v) is 2.96. The Morgan fingerprint density at radius 3 is 1.93 bits per heavy atom. The highest BCUT2D eigenvalue weighted by atomic mass is 16.3. The van der Waals surface area contributed by atoms with Gasteiger partial charge in [0.1, 0.15) is 17.4 Å². The number of rotatable bonds is 1. The average Bonchev–Trinajstić information content (AvgIpc) is 2.49. The van der Waals surface area contributed by atoms with Crippen LogP contribution in [0.1, 0.15) is 0 Å². The summed E-state index contributed by atoms with van der Waals surface area (Å²) < 4.78 is 0. The van der Waals surface area contributed by atoms with Gasteiger partial charge >= 0.3 is 0 Å². The molecule has 0 spiro atoms. The summed E-state index contributed by atoms with van der Waals surface area (Å²) in [5.74, 6) is 0.709. The van der Waals surface area contributed by atoms with Crippen molar-refractivity contribution < 1.29 is 5.11 Å². The summed E-state index contributed by atoms with van der Waals surface area (Å²) in [6.07, 6.45) is 3.13. The first kappa shape index (κ1) is 8.50. The van der Waals surface area contributed by atoms with Crippen molar-refractivity contribution in [3.05, 3.63) is 36.4 Å². The van der Waals surface area contributed by atoms with E-state index >= 15 is 0 Å². The molecule has 0 unspecified atom stereocenters. The summed E-state index contributed by atoms with van der Waals surface area (Å²) in [6.45, 7) is 0. The van der Waals surface area contributed by atoms with E-state index in [4.69, 9.17) is 15.9 Å². The van der Waals surface area contributed by atoms with E-state index in [1.54, 1.807) is 24.3 Å². The number of hydrogen-bond donors (Lipinski definition) is 3. The Morgan fingerprint density at radius 2 is 1.43 bits per heavy atom. The number of anilines is 1. The van der Waals surface area contributed by atoms with Gasteiger partial charge < -0.3 is 5.11 Å². The van der Waals surface area contributed by atoms with Gasteiger partial charge in [-0.15, -0.1) is 0 Å². The zero-order chi connectivity index (χ0) is 10.1. The van der Waals surface area contributed by atoms with Crippen molar-refractivity contribution in [1.82, 2.24) is 0 Å². The van der Waals surface area contributed by atoms with Crippen molar-refractivity contribution in [2.24, 2.45) is 0 Å². The quantitative estimate of drug-likeness (QED) is 0.626. The van der Waals surface area contributed by atoms with Crippen LogP contribution in [0, 0.1) is 10.8 Å². The van der Waals surface area contributed by atoms with Crippen LogP contribution >= 0.6 is 0 Å². The Morgan fingerprint density at radius 1 is 0.929 bits per heavy atom. The van der Waals surface area contributed by atoms with Crippen LogP contribution in [0.15, 0.2) is 36.4 Å². The molecule has 1 heterocycles. The molecule has 0 amide bonds. The summed E-state index contributed by atoms with van der Waals surface area (Å²) in [6, 6.07) is 6.42. The molecule has 0 fully saturated rings. The fourth-order valence-electron chi connectivity index (χ4n) is 1.32. The van der Waals surface area contributed by atoms with Crippen molar-refractivity contribution >= 4 is 17.4 Å². The molecule has 0 bridgehead atoms. The van der Waals surface area contributed by atoms with Crippen LogP contribution in [-0.2, 0) is 0 Å². The fourth-order valence-corrected chi connectivity index (χ4v) is 1.32. The van der Waals surface area contributed by atoms with Gasteiger partial charge in [-0.05, 0) is 36.4 Å². The Hall–Kier alpha value is -2.10. The normalized spacial score (nSPS) is 15.3. The molecule has 0 saturated carbocycles. The monoisotopic (exact) mass is 187 g/mol. The van der Waals surface area contributed by atoms with Gasteiger partial charge in [-0.3, -0.25) is 15.7 Å². The fraction of sp³-hybridized carbons (Fsp3) is 0. The molecule has 14 heavy (non-hydrogen) atoms. The molecule has 0 atom stereocenters. The molecule has 0 aliphatic carbocycles. The molecule has 0 saturated heterocycles. The lowest BCUT2D eigenvalue weighted by atomic mass is 10.3. The van der Waals surface area contributed by atoms with E-state index in [-0.39, 0.29) is 17.4 Å². The lowest BCUT2D eigenvalue weighted by Crippen LogP contribution is -2.28. The van der Waals surface area contributed by atoms with Crippen molar-refractivity contribution in [3.63, 3.8) is 0 Å². The molecule has 1 aliphatic rings. The smallest absolute Gasteiger partial charge is 0.131 e. The number of nitrogens with zero attached hydrogens (tertiary/aromatic N) is 1. The lowest BCUT2D eigenvalue weighted by Gasteiger charge is -2.17. The Labute approximate surface area is 81.1 Å². The third-order valence-electron chi connectivity index (χ3n) is 1.99. The molecule has 70 valence electrons. The summed E-state index contributed by atoms with van der Waals surface area (Å²) in [5, 5.41) is 24.2. The minimum absolute atomic E-state index is 0.180. The van der Waals surface area contributed by atoms with Crippen molar-refractivity contribution in [3.8, 4) is 5.75 Å². The SMILES string of the molecule is N=C1C=CC(=N)N1c1ccc(O)cc1. The third kappa shape index (κ3) is 1.26. The van der Waals surface area contributed by atoms with Gasteiger partial charge in [-0.1, -0.05) is 0 Å². The first-order valence-corrected chi connectivity index (χ1v) is 4.13. The van der Waals surface area contributed by atoms with E-state index in [2.05, 4.69) is 0 Å². The summed E-state index contributed by atoms with van der Waals surface area (Å²) >= 11 is 0. The first-order chi connectivity index (χ1) is 6.68. The van der Waals surface area contributed by atoms with Crippen LogP contribution in [0.5, 0.6) is 5.75 Å². The highest BCUT2D eigenvalue weighted by molar-refractivity contribution is 6.30. The van der Waals surface area contributed by atoms with Gasteiger partial charge in [0.05, 0.1) is 0 Å². The maximum absolute atomic E-state index is 9.09. The number of phenols is 1. The predicted molar refractivity (Wildman–Crippen MR) is 55.2 cm³/mol. The predicted octanol–water partition coefficient (Wildman–Crippen LogP) is 1.72. The molecule has 0 radical (unpaired) electrons. The van der Waals surface area contributed by atoms with Crippen molar-refractivity contribution in [1.29, 1.82) is 10.8 Å². The molecule has 1 aromatic carbocycles. The van der Waals surface area contributed by atoms with E-state index in [9.17, 15) is 0 Å². The van der Waals surface area contributed by atoms with Crippen molar-refractivity contribution in [2.45, 2.75) is 0 Å². The first-order valence-electron chi connectivity index (χ1n) is 4.13. The van der Waals surface area contributed by atoms with E-state index in [1.165, 1.54) is 17.0 Å². The second kappa shape index (κ2) is 2.99. The van der Waals surface area contributed by atoms with Gasteiger partial charge in [0.25, 0.3) is 0 Å². The number of aromatic hydroxyl groups is 1. The van der Waals surface area contributed by atoms with Crippen LogP contribution in [0.25, 0.3) is 0 Å². The van der Waals surface area contributed by atoms with Gasteiger partial charge in [0.2, 0.25) is 0 Å². The maximum atomic E-state index is 9.09. The molecule has 4 heteroatoms. The summed E-state index contributed by atoms with van der Waals surface area (Å²) in [5.41, 5.74) is 0.711. The Kier molecular flexibility index (Phi) is 1.81. The molecule has 0 aromatic heterocycles. The lowest BCUT2D eigenvalue weighted by molar-refractivity contribution is 0.475. The minimum atomic E-state index is 0.180. The Balaban J connectivity index is 2.36. The van der Waals surface area contributed by atoms with Crippen molar-refractivity contribution in [2.75, 3.05) is 4.90 Å². The second-order valence-electron chi connectivity index (χ2n) is 2.96. The number of hydrogen-bond acceptors (Lipinski definition) is 3. The molecular formula is C10H9N3O. The molecule has 1 aromatic rings. The highest BCUT2D eigenvalue weighted by Crippen LogP contribution is 2.21. The van der Waals surface area contributed by atoms with E-state index < -0.39 is 0 Å². The molecular weight excluding hydrogens is 178 g/mol. The van der Waals surface area contributed by atoms with Crippen LogP contribution in [-0.4, -0.2) is 16.8 Å². The number of benzene rings is 1. The van der Waals surface area contributed by atoms with E-state index in [0.29, 0.717) is 5.69 Å². The largest absolute Gasteiger partial charge is 0.508 e. The third-order valence-corrected chi connectivity index (χ3v) is 1.99.